The molecule has 106 valence electrons. The van der Waals surface area contributed by atoms with Crippen LogP contribution in [0.4, 0.5) is 0 Å². The highest BCUT2D eigenvalue weighted by Gasteiger charge is 2.27. The Morgan fingerprint density at radius 3 is 2.56 bits per heavy atom. The van der Waals surface area contributed by atoms with Crippen molar-refractivity contribution in [3.05, 3.63) is 11.6 Å². The molecule has 0 aromatic carbocycles. The second-order valence-electron chi connectivity index (χ2n) is 5.64. The molecule has 0 aliphatic heterocycles. The zero-order valence-electron chi connectivity index (χ0n) is 11.6. The molecule has 0 saturated heterocycles. The van der Waals surface area contributed by atoms with E-state index in [1.165, 1.54) is 37.7 Å². The topological polar surface area (TPSA) is 54.4 Å². The van der Waals surface area contributed by atoms with Gasteiger partial charge in [0, 0.05) is 0 Å². The molecule has 0 radical (unpaired) electrons. The first kappa shape index (κ1) is 15.7. The molecule has 1 N–H and O–H groups in total. The zero-order chi connectivity index (χ0) is 13.6. The SMILES string of the molecule is CCCC/C(C)=C\C1CC(CCCS(=O)(=O)O)C1. The van der Waals surface area contributed by atoms with Crippen molar-refractivity contribution in [2.75, 3.05) is 5.75 Å². The second-order valence-corrected chi connectivity index (χ2v) is 7.21. The van der Waals surface area contributed by atoms with Gasteiger partial charge in [0.25, 0.3) is 10.1 Å². The van der Waals surface area contributed by atoms with Crippen LogP contribution in [0.5, 0.6) is 0 Å². The van der Waals surface area contributed by atoms with Crippen LogP contribution < -0.4 is 0 Å². The lowest BCUT2D eigenvalue weighted by molar-refractivity contribution is 0.222. The first-order chi connectivity index (χ1) is 8.40. The van der Waals surface area contributed by atoms with E-state index < -0.39 is 10.1 Å². The van der Waals surface area contributed by atoms with Crippen LogP contribution in [0.25, 0.3) is 0 Å². The Morgan fingerprint density at radius 2 is 2.00 bits per heavy atom. The minimum absolute atomic E-state index is 0.0838. The number of allylic oxidation sites excluding steroid dienone is 2. The third-order valence-electron chi connectivity index (χ3n) is 3.73. The van der Waals surface area contributed by atoms with Gasteiger partial charge in [-0.15, -0.1) is 0 Å². The van der Waals surface area contributed by atoms with Gasteiger partial charge in [-0.05, 0) is 57.3 Å². The zero-order valence-corrected chi connectivity index (χ0v) is 12.4. The van der Waals surface area contributed by atoms with Gasteiger partial charge in [-0.3, -0.25) is 4.55 Å². The Bertz CT molecular complexity index is 365. The number of hydrogen-bond donors (Lipinski definition) is 1. The molecule has 3 nitrogen and oxygen atoms in total. The van der Waals surface area contributed by atoms with Gasteiger partial charge in [0.1, 0.15) is 0 Å². The summed E-state index contributed by atoms with van der Waals surface area (Å²) in [7, 11) is -3.76. The van der Waals surface area contributed by atoms with E-state index in [4.69, 9.17) is 4.55 Å². The van der Waals surface area contributed by atoms with E-state index in [2.05, 4.69) is 19.9 Å². The van der Waals surface area contributed by atoms with Crippen LogP contribution in [-0.4, -0.2) is 18.7 Å². The Kier molecular flexibility index (Phi) is 6.36. The first-order valence-electron chi connectivity index (χ1n) is 7.03. The van der Waals surface area contributed by atoms with E-state index in [0.29, 0.717) is 18.3 Å². The molecule has 1 aliphatic carbocycles. The van der Waals surface area contributed by atoms with Gasteiger partial charge in [0.2, 0.25) is 0 Å². The first-order valence-corrected chi connectivity index (χ1v) is 8.64. The molecule has 0 amide bonds. The van der Waals surface area contributed by atoms with Gasteiger partial charge < -0.3 is 0 Å². The van der Waals surface area contributed by atoms with Crippen LogP contribution in [-0.2, 0) is 10.1 Å². The normalized spacial score (nSPS) is 24.9. The van der Waals surface area contributed by atoms with Crippen LogP contribution in [0.3, 0.4) is 0 Å². The van der Waals surface area contributed by atoms with Gasteiger partial charge in [-0.2, -0.15) is 8.42 Å². The maximum absolute atomic E-state index is 10.6. The van der Waals surface area contributed by atoms with Gasteiger partial charge in [-0.1, -0.05) is 25.0 Å². The fraction of sp³-hybridized carbons (Fsp3) is 0.857. The molecule has 0 atom stereocenters. The number of hydrogen-bond acceptors (Lipinski definition) is 2. The van der Waals surface area contributed by atoms with Gasteiger partial charge >= 0.3 is 0 Å². The largest absolute Gasteiger partial charge is 0.286 e. The summed E-state index contributed by atoms with van der Waals surface area (Å²) in [6.07, 6.45) is 10.0. The molecular weight excluding hydrogens is 248 g/mol. The molecule has 0 aromatic rings. The molecule has 1 aliphatic rings. The summed E-state index contributed by atoms with van der Waals surface area (Å²) < 4.78 is 29.8. The molecule has 1 saturated carbocycles. The van der Waals surface area contributed by atoms with Gasteiger partial charge in [0.15, 0.2) is 0 Å². The minimum atomic E-state index is -3.76. The molecule has 0 spiro atoms. The lowest BCUT2D eigenvalue weighted by Crippen LogP contribution is -2.23. The summed E-state index contributed by atoms with van der Waals surface area (Å²) in [5.74, 6) is 1.28. The van der Waals surface area contributed by atoms with E-state index in [1.54, 1.807) is 0 Å². The fourth-order valence-electron chi connectivity index (χ4n) is 2.65. The Balaban J connectivity index is 2.12. The average Bonchev–Trinajstić information content (AvgIpc) is 2.21. The highest BCUT2D eigenvalue weighted by atomic mass is 32.2. The summed E-state index contributed by atoms with van der Waals surface area (Å²) >= 11 is 0. The maximum Gasteiger partial charge on any atom is 0.264 e. The molecule has 0 heterocycles. The van der Waals surface area contributed by atoms with Crippen molar-refractivity contribution < 1.29 is 13.0 Å². The average molecular weight is 274 g/mol. The summed E-state index contributed by atoms with van der Waals surface area (Å²) in [4.78, 5) is 0. The molecular formula is C14H26O3S. The molecule has 18 heavy (non-hydrogen) atoms. The smallest absolute Gasteiger partial charge is 0.264 e. The third kappa shape index (κ3) is 6.55. The molecule has 0 aromatic heterocycles. The predicted molar refractivity (Wildman–Crippen MR) is 75.1 cm³/mol. The summed E-state index contributed by atoms with van der Waals surface area (Å²) in [5.41, 5.74) is 1.50. The molecule has 1 rings (SSSR count). The Hall–Kier alpha value is -0.350. The van der Waals surface area contributed by atoms with E-state index in [0.717, 1.165) is 6.42 Å². The van der Waals surface area contributed by atoms with E-state index >= 15 is 0 Å². The highest BCUT2D eigenvalue weighted by molar-refractivity contribution is 7.85. The van der Waals surface area contributed by atoms with Crippen LogP contribution in [0.2, 0.25) is 0 Å². The van der Waals surface area contributed by atoms with Crippen LogP contribution >= 0.6 is 0 Å². The van der Waals surface area contributed by atoms with E-state index in [-0.39, 0.29) is 5.75 Å². The standard InChI is InChI=1S/C14H26O3S/c1-3-4-6-12(2)9-14-10-13(11-14)7-5-8-18(15,16)17/h9,13-14H,3-8,10-11H2,1-2H3,(H,15,16,17)/b12-9-. The van der Waals surface area contributed by atoms with Crippen molar-refractivity contribution >= 4 is 10.1 Å². The summed E-state index contributed by atoms with van der Waals surface area (Å²) in [6.45, 7) is 4.42. The van der Waals surface area contributed by atoms with Gasteiger partial charge in [-0.25, -0.2) is 0 Å². The third-order valence-corrected chi connectivity index (χ3v) is 4.54. The summed E-state index contributed by atoms with van der Waals surface area (Å²) in [5, 5.41) is 0. The van der Waals surface area contributed by atoms with Crippen molar-refractivity contribution in [2.45, 2.75) is 58.8 Å². The van der Waals surface area contributed by atoms with Crippen LogP contribution in [0, 0.1) is 11.8 Å². The minimum Gasteiger partial charge on any atom is -0.286 e. The lowest BCUT2D eigenvalue weighted by Gasteiger charge is -2.34. The van der Waals surface area contributed by atoms with Gasteiger partial charge in [0.05, 0.1) is 5.75 Å². The quantitative estimate of drug-likeness (QED) is 0.541. The van der Waals surface area contributed by atoms with E-state index in [1.807, 2.05) is 0 Å². The predicted octanol–water partition coefficient (Wildman–Crippen LogP) is 3.82. The number of rotatable bonds is 8. The van der Waals surface area contributed by atoms with E-state index in [9.17, 15) is 8.42 Å². The van der Waals surface area contributed by atoms with Crippen LogP contribution in [0.15, 0.2) is 11.6 Å². The summed E-state index contributed by atoms with van der Waals surface area (Å²) in [6, 6.07) is 0. The van der Waals surface area contributed by atoms with Crippen molar-refractivity contribution in [3.8, 4) is 0 Å². The molecule has 0 unspecified atom stereocenters. The van der Waals surface area contributed by atoms with Crippen molar-refractivity contribution in [1.29, 1.82) is 0 Å². The molecule has 4 heteroatoms. The van der Waals surface area contributed by atoms with Crippen LogP contribution in [0.1, 0.15) is 58.8 Å². The lowest BCUT2D eigenvalue weighted by atomic mass is 9.72. The van der Waals surface area contributed by atoms with Crippen molar-refractivity contribution in [1.82, 2.24) is 0 Å². The molecule has 0 bridgehead atoms. The molecule has 1 fully saturated rings. The van der Waals surface area contributed by atoms with Crippen molar-refractivity contribution in [2.24, 2.45) is 11.8 Å². The highest BCUT2D eigenvalue weighted by Crippen LogP contribution is 2.38. The Labute approximate surface area is 111 Å². The monoisotopic (exact) mass is 274 g/mol. The fourth-order valence-corrected chi connectivity index (χ4v) is 3.19. The maximum atomic E-state index is 10.6. The number of unbranched alkanes of at least 4 members (excludes halogenated alkanes) is 1. The Morgan fingerprint density at radius 1 is 1.33 bits per heavy atom. The second kappa shape index (κ2) is 7.29. The van der Waals surface area contributed by atoms with Crippen molar-refractivity contribution in [3.63, 3.8) is 0 Å².